The first kappa shape index (κ1) is 30.8. The van der Waals surface area contributed by atoms with E-state index in [4.69, 9.17) is 41.0 Å². The molecule has 2 aliphatic rings. The van der Waals surface area contributed by atoms with E-state index in [0.29, 0.717) is 18.4 Å². The molecule has 0 radical (unpaired) electrons. The zero-order valence-corrected chi connectivity index (χ0v) is 24.3. The Morgan fingerprint density at radius 2 is 1.90 bits per heavy atom. The van der Waals surface area contributed by atoms with Crippen molar-refractivity contribution in [3.05, 3.63) is 49.3 Å². The summed E-state index contributed by atoms with van der Waals surface area (Å²) >= 11 is 5.06. The van der Waals surface area contributed by atoms with Crippen molar-refractivity contribution in [3.8, 4) is 0 Å². The summed E-state index contributed by atoms with van der Waals surface area (Å²) in [5.41, 5.74) is 4.22. The van der Waals surface area contributed by atoms with Crippen LogP contribution in [0.4, 0.5) is 5.95 Å². The first-order valence-corrected chi connectivity index (χ1v) is 16.4. The quantitative estimate of drug-likeness (QED) is 0.173. The second kappa shape index (κ2) is 11.8. The maximum atomic E-state index is 13.1. The van der Waals surface area contributed by atoms with Crippen LogP contribution in [-0.2, 0) is 39.4 Å². The van der Waals surface area contributed by atoms with Crippen LogP contribution in [0, 0.1) is 6.92 Å². The van der Waals surface area contributed by atoms with Gasteiger partial charge in [-0.1, -0.05) is 11.8 Å². The van der Waals surface area contributed by atoms with Crippen LogP contribution in [0.2, 0.25) is 0 Å². The number of rotatable bonds is 10. The van der Waals surface area contributed by atoms with Crippen LogP contribution in [0.1, 0.15) is 37.3 Å². The lowest BCUT2D eigenvalue weighted by atomic mass is 10.2. The second-order valence-corrected chi connectivity index (χ2v) is 13.5. The normalized spacial score (nSPS) is 27.3. The van der Waals surface area contributed by atoms with Crippen LogP contribution in [0.15, 0.2) is 26.9 Å². The fourth-order valence-electron chi connectivity index (χ4n) is 4.64. The third-order valence-electron chi connectivity index (χ3n) is 6.57. The Morgan fingerprint density at radius 3 is 2.64 bits per heavy atom. The van der Waals surface area contributed by atoms with Gasteiger partial charge in [0.05, 0.1) is 31.7 Å². The summed E-state index contributed by atoms with van der Waals surface area (Å²) in [6, 6.07) is 0. The summed E-state index contributed by atoms with van der Waals surface area (Å²) < 4.78 is 40.8. The molecule has 2 saturated heterocycles. The van der Waals surface area contributed by atoms with E-state index in [9.17, 15) is 28.7 Å². The van der Waals surface area contributed by atoms with Crippen molar-refractivity contribution in [2.24, 2.45) is 0 Å². The van der Waals surface area contributed by atoms with Gasteiger partial charge in [-0.3, -0.25) is 33.3 Å². The van der Waals surface area contributed by atoms with Gasteiger partial charge in [0.2, 0.25) is 5.95 Å². The van der Waals surface area contributed by atoms with E-state index in [2.05, 4.69) is 24.5 Å². The SMILES string of the molecule is Cc1cn([C@H]2CC[C@@H](COP([O-])(=S)OC3C[C@H](n4cnc5c(=O)[nH]c(N)nc54)O[C@@H]3COP(=O)([O-])O)O2)c(=O)[nH]c1=O. The number of aromatic amines is 2. The number of nitrogens with one attached hydrogen (secondary N) is 2. The van der Waals surface area contributed by atoms with Gasteiger partial charge in [0, 0.05) is 18.2 Å². The third-order valence-corrected chi connectivity index (χ3v) is 8.61. The molecule has 5 N–H and O–H groups in total. The van der Waals surface area contributed by atoms with Gasteiger partial charge in [0.15, 0.2) is 11.2 Å². The first-order valence-electron chi connectivity index (χ1n) is 12.4. The van der Waals surface area contributed by atoms with Crippen molar-refractivity contribution < 1.29 is 42.3 Å². The monoisotopic (exact) mass is 649 g/mol. The number of aromatic nitrogens is 6. The van der Waals surface area contributed by atoms with Crippen molar-refractivity contribution in [2.45, 2.75) is 57.0 Å². The number of hydrogen-bond donors (Lipinski definition) is 4. The zero-order chi connectivity index (χ0) is 30.4. The number of imidazole rings is 1. The molecule has 19 nitrogen and oxygen atoms in total. The lowest BCUT2D eigenvalue weighted by molar-refractivity contribution is -0.224. The molecule has 2 aliphatic heterocycles. The number of H-pyrrole nitrogens is 2. The molecule has 0 aliphatic carbocycles. The van der Waals surface area contributed by atoms with E-state index < -0.39 is 68.7 Å². The Balaban J connectivity index is 1.26. The Hall–Kier alpha value is -2.61. The highest BCUT2D eigenvalue weighted by Gasteiger charge is 2.40. The minimum absolute atomic E-state index is 0.0455. The highest BCUT2D eigenvalue weighted by molar-refractivity contribution is 8.06. The number of nitrogen functional groups attached to an aromatic ring is 1. The standard InChI is InChI=1S/C20H27N7O12P2S/c1-9-5-26(20(30)25-17(9)28)13-3-2-10(37-13)6-36-41(34,42)39-11-4-14(38-12(11)7-35-40(31,32)33)27-8-22-15-16(27)23-19(21)24-18(15)29/h5,8,10-14H,2-4,6-7H2,1H3,(H,34,42)(H,25,28,30)(H2,31,32,33)(H3,21,23,24,29)/p-2/t10-,11?,12+,13+,14+,41?/m0/s1. The number of anilines is 1. The van der Waals surface area contributed by atoms with E-state index in [0.717, 1.165) is 0 Å². The molecule has 230 valence electrons. The van der Waals surface area contributed by atoms with Crippen molar-refractivity contribution in [2.75, 3.05) is 18.9 Å². The highest BCUT2D eigenvalue weighted by Crippen LogP contribution is 2.47. The van der Waals surface area contributed by atoms with Crippen LogP contribution >= 0.6 is 14.5 Å². The number of phosphoric acid groups is 1. The van der Waals surface area contributed by atoms with Crippen molar-refractivity contribution in [1.82, 2.24) is 29.1 Å². The zero-order valence-electron chi connectivity index (χ0n) is 21.7. The maximum Gasteiger partial charge on any atom is 0.330 e. The molecule has 3 aromatic rings. The van der Waals surface area contributed by atoms with E-state index >= 15 is 0 Å². The summed E-state index contributed by atoms with van der Waals surface area (Å²) in [6.45, 7) is -3.70. The minimum Gasteiger partial charge on any atom is -0.780 e. The molecule has 0 spiro atoms. The number of nitrogens with two attached hydrogens (primary N) is 1. The Bertz CT molecular complexity index is 1750. The van der Waals surface area contributed by atoms with Crippen LogP contribution in [0.25, 0.3) is 11.2 Å². The van der Waals surface area contributed by atoms with E-state index in [-0.39, 0.29) is 30.1 Å². The van der Waals surface area contributed by atoms with Crippen LogP contribution in [0.3, 0.4) is 0 Å². The number of nitrogens with zero attached hydrogens (tertiary/aromatic N) is 4. The van der Waals surface area contributed by atoms with E-state index in [1.54, 1.807) is 6.92 Å². The second-order valence-electron chi connectivity index (χ2n) is 9.56. The molecule has 5 rings (SSSR count). The molecule has 0 amide bonds. The van der Waals surface area contributed by atoms with Crippen molar-refractivity contribution in [3.63, 3.8) is 0 Å². The average Bonchev–Trinajstić information content (AvgIpc) is 3.62. The molecule has 2 fully saturated rings. The fourth-order valence-corrected chi connectivity index (χ4v) is 6.45. The number of phosphoric ester groups is 1. The average molecular weight is 649 g/mol. The molecule has 7 atom stereocenters. The summed E-state index contributed by atoms with van der Waals surface area (Å²) in [6.07, 6.45) is -1.33. The van der Waals surface area contributed by atoms with Gasteiger partial charge < -0.3 is 43.5 Å². The maximum absolute atomic E-state index is 13.1. The number of hydrogen-bond acceptors (Lipinski definition) is 15. The van der Waals surface area contributed by atoms with Crippen LogP contribution in [0.5, 0.6) is 0 Å². The molecule has 0 aromatic carbocycles. The first-order chi connectivity index (χ1) is 19.7. The van der Waals surface area contributed by atoms with Crippen LogP contribution < -0.4 is 32.3 Å². The lowest BCUT2D eigenvalue weighted by Crippen LogP contribution is -2.33. The molecule has 3 unspecified atom stereocenters. The number of fused-ring (bicyclic) bond motifs is 1. The van der Waals surface area contributed by atoms with Gasteiger partial charge in [-0.05, 0) is 19.8 Å². The molecule has 0 bridgehead atoms. The summed E-state index contributed by atoms with van der Waals surface area (Å²) in [5.74, 6) is -0.187. The Kier molecular flexibility index (Phi) is 8.68. The molecule has 5 heterocycles. The summed E-state index contributed by atoms with van der Waals surface area (Å²) in [5, 5.41) is 0. The fraction of sp³-hybridized carbons (Fsp3) is 0.550. The summed E-state index contributed by atoms with van der Waals surface area (Å²) in [4.78, 5) is 81.9. The van der Waals surface area contributed by atoms with E-state index in [1.807, 2.05) is 0 Å². The van der Waals surface area contributed by atoms with Gasteiger partial charge >= 0.3 is 5.69 Å². The van der Waals surface area contributed by atoms with Crippen molar-refractivity contribution >= 4 is 43.5 Å². The molecular formula is C20H25N7O12P2S-2. The molecule has 0 saturated carbocycles. The van der Waals surface area contributed by atoms with Gasteiger partial charge in [-0.25, -0.2) is 9.78 Å². The molecule has 42 heavy (non-hydrogen) atoms. The predicted octanol–water partition coefficient (Wildman–Crippen LogP) is -2.01. The third kappa shape index (κ3) is 6.95. The van der Waals surface area contributed by atoms with Gasteiger partial charge in [-0.15, -0.1) is 0 Å². The summed E-state index contributed by atoms with van der Waals surface area (Å²) in [7, 11) is -5.16. The number of aryl methyl sites for hydroxylation is 1. The predicted molar refractivity (Wildman–Crippen MR) is 141 cm³/mol. The van der Waals surface area contributed by atoms with Gasteiger partial charge in [0.1, 0.15) is 25.3 Å². The van der Waals surface area contributed by atoms with Gasteiger partial charge in [-0.2, -0.15) is 4.98 Å². The molecular weight excluding hydrogens is 624 g/mol. The largest absolute Gasteiger partial charge is 0.780 e. The van der Waals surface area contributed by atoms with Gasteiger partial charge in [0.25, 0.3) is 18.9 Å². The smallest absolute Gasteiger partial charge is 0.330 e. The topological polar surface area (TPSA) is 274 Å². The molecule has 22 heteroatoms. The Morgan fingerprint density at radius 1 is 1.14 bits per heavy atom. The van der Waals surface area contributed by atoms with Crippen molar-refractivity contribution in [1.29, 1.82) is 0 Å². The Labute approximate surface area is 240 Å². The highest BCUT2D eigenvalue weighted by atomic mass is 32.5. The minimum atomic E-state index is -5.16. The number of ether oxygens (including phenoxy) is 2. The molecule has 3 aromatic heterocycles. The lowest BCUT2D eigenvalue weighted by Gasteiger charge is -2.33. The van der Waals surface area contributed by atoms with Crippen LogP contribution in [-0.4, -0.2) is 65.5 Å². The van der Waals surface area contributed by atoms with E-state index in [1.165, 1.54) is 21.7 Å².